The molecule has 2 aromatic heterocycles. The summed E-state index contributed by atoms with van der Waals surface area (Å²) in [6, 6.07) is 3.76. The van der Waals surface area contributed by atoms with Crippen molar-refractivity contribution in [2.24, 2.45) is 0 Å². The van der Waals surface area contributed by atoms with Crippen LogP contribution in [-0.4, -0.2) is 40.8 Å². The number of rotatable bonds is 3. The number of hydrogen-bond acceptors (Lipinski definition) is 6. The van der Waals surface area contributed by atoms with Crippen molar-refractivity contribution >= 4 is 22.4 Å². The third-order valence-electron chi connectivity index (χ3n) is 3.15. The highest BCUT2D eigenvalue weighted by molar-refractivity contribution is 7.18. The highest BCUT2D eigenvalue weighted by Gasteiger charge is 2.28. The third-order valence-corrected chi connectivity index (χ3v) is 4.19. The molecule has 0 unspecified atom stereocenters. The van der Waals surface area contributed by atoms with Gasteiger partial charge in [0, 0.05) is 31.6 Å². The molecule has 2 aromatic rings. The largest absolute Gasteiger partial charge is 0.368 e. The van der Waals surface area contributed by atoms with Gasteiger partial charge < -0.3 is 4.74 Å². The van der Waals surface area contributed by atoms with Crippen molar-refractivity contribution in [3.63, 3.8) is 0 Å². The smallest absolute Gasteiger partial charge is 0.257 e. The predicted molar refractivity (Wildman–Crippen MR) is 75.5 cm³/mol. The minimum absolute atomic E-state index is 0.0589. The Bertz CT molecular complexity index is 595. The molecule has 7 heteroatoms. The summed E-state index contributed by atoms with van der Waals surface area (Å²) in [5.41, 5.74) is 0.897. The minimum Gasteiger partial charge on any atom is -0.368 e. The summed E-state index contributed by atoms with van der Waals surface area (Å²) in [5, 5.41) is 9.51. The van der Waals surface area contributed by atoms with Gasteiger partial charge in [0.15, 0.2) is 5.01 Å². The van der Waals surface area contributed by atoms with Crippen LogP contribution in [-0.2, 0) is 9.53 Å². The van der Waals surface area contributed by atoms with E-state index in [1.807, 2.05) is 12.1 Å². The maximum Gasteiger partial charge on any atom is 0.257 e. The normalized spacial score (nSPS) is 18.1. The standard InChI is InChI=1S/C13H14N4O2S/c1-17(12(18)10-5-3-7-19-10)13-16-15-11(20-13)9-4-2-6-14-8-9/h2,4,6,8,10H,3,5,7H2,1H3/t10-/m1/s1. The fourth-order valence-electron chi connectivity index (χ4n) is 2.04. The lowest BCUT2D eigenvalue weighted by Crippen LogP contribution is -2.35. The van der Waals surface area contributed by atoms with E-state index in [1.54, 1.807) is 19.4 Å². The van der Waals surface area contributed by atoms with E-state index in [1.165, 1.54) is 16.2 Å². The van der Waals surface area contributed by atoms with Crippen LogP contribution in [0.5, 0.6) is 0 Å². The average Bonchev–Trinajstić information content (AvgIpc) is 3.18. The van der Waals surface area contributed by atoms with Gasteiger partial charge in [-0.3, -0.25) is 14.7 Å². The summed E-state index contributed by atoms with van der Waals surface area (Å²) in [4.78, 5) is 17.8. The van der Waals surface area contributed by atoms with Crippen LogP contribution in [0.25, 0.3) is 10.6 Å². The Labute approximate surface area is 120 Å². The van der Waals surface area contributed by atoms with Crippen LogP contribution in [0.15, 0.2) is 24.5 Å². The first-order chi connectivity index (χ1) is 9.75. The number of likely N-dealkylation sites (N-methyl/N-ethyl adjacent to an activating group) is 1. The van der Waals surface area contributed by atoms with Crippen molar-refractivity contribution in [3.05, 3.63) is 24.5 Å². The fraction of sp³-hybridized carbons (Fsp3) is 0.385. The maximum absolute atomic E-state index is 12.2. The summed E-state index contributed by atoms with van der Waals surface area (Å²) in [7, 11) is 1.71. The van der Waals surface area contributed by atoms with Gasteiger partial charge in [0.2, 0.25) is 5.13 Å². The molecular weight excluding hydrogens is 276 g/mol. The lowest BCUT2D eigenvalue weighted by atomic mass is 10.2. The van der Waals surface area contributed by atoms with Gasteiger partial charge in [-0.25, -0.2) is 0 Å². The monoisotopic (exact) mass is 290 g/mol. The number of carbonyl (C=O) groups excluding carboxylic acids is 1. The SMILES string of the molecule is CN(C(=O)[C@H]1CCCO1)c1nnc(-c2cccnc2)s1. The molecule has 104 valence electrons. The average molecular weight is 290 g/mol. The van der Waals surface area contributed by atoms with Crippen molar-refractivity contribution in [2.45, 2.75) is 18.9 Å². The van der Waals surface area contributed by atoms with Gasteiger partial charge in [0.25, 0.3) is 5.91 Å². The molecular formula is C13H14N4O2S. The van der Waals surface area contributed by atoms with E-state index in [4.69, 9.17) is 4.74 Å². The molecule has 1 amide bonds. The molecule has 3 rings (SSSR count). The van der Waals surface area contributed by atoms with Gasteiger partial charge in [0.05, 0.1) is 0 Å². The molecule has 20 heavy (non-hydrogen) atoms. The van der Waals surface area contributed by atoms with Crippen LogP contribution in [0.2, 0.25) is 0 Å². The molecule has 0 N–H and O–H groups in total. The number of nitrogens with zero attached hydrogens (tertiary/aromatic N) is 4. The van der Waals surface area contributed by atoms with Crippen LogP contribution in [0, 0.1) is 0 Å². The topological polar surface area (TPSA) is 68.2 Å². The molecule has 0 aromatic carbocycles. The lowest BCUT2D eigenvalue weighted by molar-refractivity contribution is -0.127. The Hall–Kier alpha value is -1.86. The Balaban J connectivity index is 1.77. The van der Waals surface area contributed by atoms with Crippen molar-refractivity contribution in [2.75, 3.05) is 18.6 Å². The Kier molecular flexibility index (Phi) is 3.70. The minimum atomic E-state index is -0.342. The molecule has 0 radical (unpaired) electrons. The number of amides is 1. The fourth-order valence-corrected chi connectivity index (χ4v) is 2.84. The number of ether oxygens (including phenoxy) is 1. The second-order valence-corrected chi connectivity index (χ2v) is 5.49. The summed E-state index contributed by atoms with van der Waals surface area (Å²) >= 11 is 1.37. The number of anilines is 1. The van der Waals surface area contributed by atoms with Crippen molar-refractivity contribution in [1.29, 1.82) is 0 Å². The molecule has 6 nitrogen and oxygen atoms in total. The predicted octanol–water partition coefficient (Wildman–Crippen LogP) is 1.74. The quantitative estimate of drug-likeness (QED) is 0.861. The summed E-state index contributed by atoms with van der Waals surface area (Å²) in [6.45, 7) is 0.654. The van der Waals surface area contributed by atoms with E-state index >= 15 is 0 Å². The second kappa shape index (κ2) is 5.64. The summed E-state index contributed by atoms with van der Waals surface area (Å²) < 4.78 is 5.40. The van der Waals surface area contributed by atoms with Crippen LogP contribution < -0.4 is 4.90 Å². The van der Waals surface area contributed by atoms with Crippen molar-refractivity contribution < 1.29 is 9.53 Å². The molecule has 0 aliphatic carbocycles. The molecule has 0 spiro atoms. The number of aromatic nitrogens is 3. The molecule has 1 aliphatic heterocycles. The highest BCUT2D eigenvalue weighted by atomic mass is 32.1. The molecule has 1 fully saturated rings. The third kappa shape index (κ3) is 2.54. The molecule has 1 aliphatic rings. The van der Waals surface area contributed by atoms with Gasteiger partial charge in [-0.1, -0.05) is 11.3 Å². The molecule has 0 bridgehead atoms. The molecule has 3 heterocycles. The first-order valence-electron chi connectivity index (χ1n) is 6.39. The highest BCUT2D eigenvalue weighted by Crippen LogP contribution is 2.28. The van der Waals surface area contributed by atoms with E-state index in [0.29, 0.717) is 11.7 Å². The van der Waals surface area contributed by atoms with E-state index < -0.39 is 0 Å². The van der Waals surface area contributed by atoms with Crippen LogP contribution in [0.1, 0.15) is 12.8 Å². The van der Waals surface area contributed by atoms with Crippen LogP contribution >= 0.6 is 11.3 Å². The number of carbonyl (C=O) groups is 1. The van der Waals surface area contributed by atoms with Crippen molar-refractivity contribution in [3.8, 4) is 10.6 Å². The van der Waals surface area contributed by atoms with Gasteiger partial charge in [0.1, 0.15) is 6.10 Å². The Morgan fingerprint density at radius 1 is 1.50 bits per heavy atom. The molecule has 0 saturated carbocycles. The van der Waals surface area contributed by atoms with Gasteiger partial charge >= 0.3 is 0 Å². The first kappa shape index (κ1) is 13.1. The zero-order valence-electron chi connectivity index (χ0n) is 11.0. The van der Waals surface area contributed by atoms with Gasteiger partial charge in [-0.15, -0.1) is 10.2 Å². The Morgan fingerprint density at radius 3 is 3.10 bits per heavy atom. The molecule has 1 atom stereocenters. The summed E-state index contributed by atoms with van der Waals surface area (Å²) in [5.74, 6) is -0.0589. The van der Waals surface area contributed by atoms with E-state index in [0.717, 1.165) is 23.4 Å². The summed E-state index contributed by atoms with van der Waals surface area (Å²) in [6.07, 6.45) is 4.80. The van der Waals surface area contributed by atoms with Crippen LogP contribution in [0.4, 0.5) is 5.13 Å². The van der Waals surface area contributed by atoms with E-state index in [-0.39, 0.29) is 12.0 Å². The van der Waals surface area contributed by atoms with E-state index in [2.05, 4.69) is 15.2 Å². The van der Waals surface area contributed by atoms with Crippen molar-refractivity contribution in [1.82, 2.24) is 15.2 Å². The van der Waals surface area contributed by atoms with Gasteiger partial charge in [-0.05, 0) is 25.0 Å². The van der Waals surface area contributed by atoms with Gasteiger partial charge in [-0.2, -0.15) is 0 Å². The Morgan fingerprint density at radius 2 is 2.40 bits per heavy atom. The zero-order chi connectivity index (χ0) is 13.9. The van der Waals surface area contributed by atoms with Crippen LogP contribution in [0.3, 0.4) is 0 Å². The lowest BCUT2D eigenvalue weighted by Gasteiger charge is -2.16. The molecule has 1 saturated heterocycles. The number of pyridine rings is 1. The second-order valence-electron chi connectivity index (χ2n) is 4.53. The van der Waals surface area contributed by atoms with E-state index in [9.17, 15) is 4.79 Å². The first-order valence-corrected chi connectivity index (χ1v) is 7.20. The maximum atomic E-state index is 12.2. The number of hydrogen-bond donors (Lipinski definition) is 0. The zero-order valence-corrected chi connectivity index (χ0v) is 11.8.